The van der Waals surface area contributed by atoms with Crippen molar-refractivity contribution in [1.82, 2.24) is 0 Å². The quantitative estimate of drug-likeness (QED) is 0.889. The molecule has 0 saturated carbocycles. The Morgan fingerprint density at radius 2 is 1.91 bits per heavy atom. The van der Waals surface area contributed by atoms with Gasteiger partial charge in [-0.25, -0.2) is 4.79 Å². The number of amides is 2. The zero-order chi connectivity index (χ0) is 15.5. The summed E-state index contributed by atoms with van der Waals surface area (Å²) in [5.74, 6) is -0.103. The van der Waals surface area contributed by atoms with E-state index in [0.29, 0.717) is 36.3 Å². The molecule has 0 aliphatic carbocycles. The molecular weight excluding hydrogens is 284 g/mol. The van der Waals surface area contributed by atoms with Gasteiger partial charge in [-0.05, 0) is 24.6 Å². The number of benzene rings is 1. The van der Waals surface area contributed by atoms with Crippen LogP contribution >= 0.6 is 0 Å². The van der Waals surface area contributed by atoms with Crippen LogP contribution in [0.3, 0.4) is 0 Å². The van der Waals surface area contributed by atoms with Crippen LogP contribution in [-0.2, 0) is 11.2 Å². The number of anilines is 2. The number of nitrogens with one attached hydrogen (secondary N) is 2. The minimum absolute atomic E-state index is 0.00908. The molecule has 0 spiro atoms. The fourth-order valence-corrected chi connectivity index (χ4v) is 2.29. The lowest BCUT2D eigenvalue weighted by molar-refractivity contribution is -0.116. The van der Waals surface area contributed by atoms with Crippen molar-refractivity contribution in [2.45, 2.75) is 19.3 Å². The molecule has 0 saturated heterocycles. The molecule has 2 heterocycles. The second-order valence-corrected chi connectivity index (χ2v) is 5.01. The van der Waals surface area contributed by atoms with E-state index in [1.54, 1.807) is 30.3 Å². The predicted octanol–water partition coefficient (Wildman–Crippen LogP) is 2.17. The van der Waals surface area contributed by atoms with Gasteiger partial charge in [-0.15, -0.1) is 0 Å². The minimum atomic E-state index is -0.626. The Balaban J connectivity index is 1.90. The summed E-state index contributed by atoms with van der Waals surface area (Å²) in [4.78, 5) is 35.6. The van der Waals surface area contributed by atoms with Gasteiger partial charge in [0, 0.05) is 18.4 Å². The number of aryl methyl sites for hydroxylation is 1. The maximum absolute atomic E-state index is 12.1. The standard InChI is InChI=1S/C16H14N2O4/c19-14-8-4-7-13-11(17-14)9-12(16(21)22-13)18-15(20)10-5-2-1-3-6-10/h1-3,5-6,9H,4,7-8H2,(H,17,19)(H,18,20). The summed E-state index contributed by atoms with van der Waals surface area (Å²) in [6.07, 6.45) is 1.51. The molecule has 112 valence electrons. The molecule has 0 bridgehead atoms. The average Bonchev–Trinajstić information content (AvgIpc) is 2.69. The molecular formula is C16H14N2O4. The highest BCUT2D eigenvalue weighted by atomic mass is 16.4. The van der Waals surface area contributed by atoms with E-state index in [9.17, 15) is 14.4 Å². The fourth-order valence-electron chi connectivity index (χ4n) is 2.29. The molecule has 1 aromatic carbocycles. The first kappa shape index (κ1) is 14.1. The van der Waals surface area contributed by atoms with E-state index in [-0.39, 0.29) is 11.6 Å². The van der Waals surface area contributed by atoms with Gasteiger partial charge in [0.1, 0.15) is 11.4 Å². The Bertz CT molecular complexity index is 780. The largest absolute Gasteiger partial charge is 0.424 e. The summed E-state index contributed by atoms with van der Waals surface area (Å²) >= 11 is 0. The summed E-state index contributed by atoms with van der Waals surface area (Å²) in [7, 11) is 0. The first-order valence-corrected chi connectivity index (χ1v) is 6.97. The van der Waals surface area contributed by atoms with Crippen LogP contribution in [0.25, 0.3) is 0 Å². The molecule has 0 radical (unpaired) electrons. The second-order valence-electron chi connectivity index (χ2n) is 5.01. The minimum Gasteiger partial charge on any atom is -0.424 e. The number of carbonyl (C=O) groups excluding carboxylic acids is 2. The molecule has 0 atom stereocenters. The number of hydrogen-bond donors (Lipinski definition) is 2. The Hall–Kier alpha value is -2.89. The molecule has 0 unspecified atom stereocenters. The van der Waals surface area contributed by atoms with Crippen LogP contribution in [0.5, 0.6) is 0 Å². The topological polar surface area (TPSA) is 88.4 Å². The number of carbonyl (C=O) groups is 2. The van der Waals surface area contributed by atoms with Gasteiger partial charge in [0.15, 0.2) is 0 Å². The third kappa shape index (κ3) is 2.90. The third-order valence-electron chi connectivity index (χ3n) is 3.39. The average molecular weight is 298 g/mol. The molecule has 22 heavy (non-hydrogen) atoms. The summed E-state index contributed by atoms with van der Waals surface area (Å²) < 4.78 is 5.21. The van der Waals surface area contributed by atoms with E-state index in [4.69, 9.17) is 4.42 Å². The maximum atomic E-state index is 12.1. The number of fused-ring (bicyclic) bond motifs is 1. The first-order valence-electron chi connectivity index (χ1n) is 6.97. The summed E-state index contributed by atoms with van der Waals surface area (Å²) in [6.45, 7) is 0. The van der Waals surface area contributed by atoms with Crippen LogP contribution in [0.2, 0.25) is 0 Å². The Kier molecular flexibility index (Phi) is 3.74. The van der Waals surface area contributed by atoms with E-state index in [2.05, 4.69) is 10.6 Å². The van der Waals surface area contributed by atoms with Crippen LogP contribution < -0.4 is 16.3 Å². The molecule has 1 aromatic heterocycles. The Labute approximate surface area is 126 Å². The van der Waals surface area contributed by atoms with E-state index >= 15 is 0 Å². The van der Waals surface area contributed by atoms with Gasteiger partial charge in [-0.1, -0.05) is 18.2 Å². The van der Waals surface area contributed by atoms with Crippen molar-refractivity contribution >= 4 is 23.2 Å². The van der Waals surface area contributed by atoms with Gasteiger partial charge >= 0.3 is 5.63 Å². The van der Waals surface area contributed by atoms with Crippen LogP contribution in [0.15, 0.2) is 45.6 Å². The maximum Gasteiger partial charge on any atom is 0.360 e. The zero-order valence-electron chi connectivity index (χ0n) is 11.7. The molecule has 2 aromatic rings. The number of rotatable bonds is 2. The lowest BCUT2D eigenvalue weighted by Crippen LogP contribution is -2.19. The van der Waals surface area contributed by atoms with Crippen LogP contribution in [0.4, 0.5) is 11.4 Å². The Morgan fingerprint density at radius 3 is 2.68 bits per heavy atom. The smallest absolute Gasteiger partial charge is 0.360 e. The summed E-state index contributed by atoms with van der Waals surface area (Å²) in [5.41, 5.74) is 0.250. The highest BCUT2D eigenvalue weighted by Crippen LogP contribution is 2.23. The zero-order valence-corrected chi connectivity index (χ0v) is 11.7. The van der Waals surface area contributed by atoms with Gasteiger partial charge in [-0.2, -0.15) is 0 Å². The van der Waals surface area contributed by atoms with Gasteiger partial charge in [0.05, 0.1) is 5.69 Å². The SMILES string of the molecule is O=C1CCCc2oc(=O)c(NC(=O)c3ccccc3)cc2N1. The summed E-state index contributed by atoms with van der Waals surface area (Å²) in [5, 5.41) is 5.20. The highest BCUT2D eigenvalue weighted by molar-refractivity contribution is 6.04. The lowest BCUT2D eigenvalue weighted by atomic mass is 10.2. The van der Waals surface area contributed by atoms with Gasteiger partial charge < -0.3 is 15.1 Å². The third-order valence-corrected chi connectivity index (χ3v) is 3.39. The van der Waals surface area contributed by atoms with E-state index < -0.39 is 11.5 Å². The molecule has 1 aliphatic heterocycles. The lowest BCUT2D eigenvalue weighted by Gasteiger charge is -2.08. The van der Waals surface area contributed by atoms with Crippen molar-refractivity contribution in [3.63, 3.8) is 0 Å². The molecule has 2 amide bonds. The van der Waals surface area contributed by atoms with Crippen molar-refractivity contribution in [2.24, 2.45) is 0 Å². The molecule has 3 rings (SSSR count). The predicted molar refractivity (Wildman–Crippen MR) is 80.9 cm³/mol. The fraction of sp³-hybridized carbons (Fsp3) is 0.188. The molecule has 6 nitrogen and oxygen atoms in total. The van der Waals surface area contributed by atoms with Crippen LogP contribution in [0.1, 0.15) is 29.0 Å². The highest BCUT2D eigenvalue weighted by Gasteiger charge is 2.18. The summed E-state index contributed by atoms with van der Waals surface area (Å²) in [6, 6.07) is 9.99. The normalized spacial score (nSPS) is 13.7. The van der Waals surface area contributed by atoms with E-state index in [0.717, 1.165) is 0 Å². The molecule has 2 N–H and O–H groups in total. The van der Waals surface area contributed by atoms with Crippen molar-refractivity contribution in [3.05, 3.63) is 58.1 Å². The molecule has 6 heteroatoms. The van der Waals surface area contributed by atoms with Crippen molar-refractivity contribution < 1.29 is 14.0 Å². The first-order chi connectivity index (χ1) is 10.6. The van der Waals surface area contributed by atoms with Crippen LogP contribution in [-0.4, -0.2) is 11.8 Å². The monoisotopic (exact) mass is 298 g/mol. The van der Waals surface area contributed by atoms with Crippen molar-refractivity contribution in [1.29, 1.82) is 0 Å². The van der Waals surface area contributed by atoms with Gasteiger partial charge in [0.2, 0.25) is 5.91 Å². The second kappa shape index (κ2) is 5.85. The van der Waals surface area contributed by atoms with Crippen molar-refractivity contribution in [3.8, 4) is 0 Å². The van der Waals surface area contributed by atoms with Gasteiger partial charge in [-0.3, -0.25) is 9.59 Å². The van der Waals surface area contributed by atoms with Crippen molar-refractivity contribution in [2.75, 3.05) is 10.6 Å². The Morgan fingerprint density at radius 1 is 1.14 bits per heavy atom. The van der Waals surface area contributed by atoms with E-state index in [1.165, 1.54) is 6.07 Å². The number of hydrogen-bond acceptors (Lipinski definition) is 4. The molecule has 1 aliphatic rings. The van der Waals surface area contributed by atoms with Gasteiger partial charge in [0.25, 0.3) is 5.91 Å². The van der Waals surface area contributed by atoms with Crippen LogP contribution in [0, 0.1) is 0 Å². The molecule has 0 fully saturated rings. The van der Waals surface area contributed by atoms with E-state index in [1.807, 2.05) is 0 Å².